The van der Waals surface area contributed by atoms with Crippen LogP contribution in [-0.4, -0.2) is 25.8 Å². The Kier molecular flexibility index (Phi) is 5.47. The predicted octanol–water partition coefficient (Wildman–Crippen LogP) is 3.69. The highest BCUT2D eigenvalue weighted by molar-refractivity contribution is 7.89. The first-order valence-electron chi connectivity index (χ1n) is 7.21. The molecule has 0 unspecified atom stereocenters. The zero-order chi connectivity index (χ0) is 14.6. The second kappa shape index (κ2) is 6.92. The SMILES string of the molecule is Cc1ccc(S(=O)(=O)N2CCCCCCC2)cc1CCl. The van der Waals surface area contributed by atoms with Crippen molar-refractivity contribution in [2.24, 2.45) is 0 Å². The largest absolute Gasteiger partial charge is 0.243 e. The average molecular weight is 316 g/mol. The Morgan fingerprint density at radius 2 is 1.70 bits per heavy atom. The maximum absolute atomic E-state index is 12.7. The molecule has 0 spiro atoms. The Hall–Kier alpha value is -0.580. The summed E-state index contributed by atoms with van der Waals surface area (Å²) in [6.07, 6.45) is 5.36. The molecule has 1 fully saturated rings. The van der Waals surface area contributed by atoms with Crippen molar-refractivity contribution in [3.8, 4) is 0 Å². The summed E-state index contributed by atoms with van der Waals surface area (Å²) in [5, 5.41) is 0. The minimum Gasteiger partial charge on any atom is -0.207 e. The number of hydrogen-bond donors (Lipinski definition) is 0. The molecule has 0 aromatic heterocycles. The van der Waals surface area contributed by atoms with Gasteiger partial charge in [-0.1, -0.05) is 25.3 Å². The van der Waals surface area contributed by atoms with Crippen LogP contribution >= 0.6 is 11.6 Å². The molecule has 1 aromatic rings. The van der Waals surface area contributed by atoms with Gasteiger partial charge in [0.1, 0.15) is 0 Å². The third kappa shape index (κ3) is 3.54. The maximum Gasteiger partial charge on any atom is 0.243 e. The molecule has 1 saturated heterocycles. The second-order valence-corrected chi connectivity index (χ2v) is 7.60. The van der Waals surface area contributed by atoms with Crippen LogP contribution in [0.1, 0.15) is 43.2 Å². The minimum absolute atomic E-state index is 0.342. The van der Waals surface area contributed by atoms with Crippen LogP contribution in [0.3, 0.4) is 0 Å². The minimum atomic E-state index is -3.38. The van der Waals surface area contributed by atoms with Crippen LogP contribution in [-0.2, 0) is 15.9 Å². The predicted molar refractivity (Wildman–Crippen MR) is 82.6 cm³/mol. The van der Waals surface area contributed by atoms with Gasteiger partial charge in [-0.05, 0) is 43.0 Å². The standard InChI is InChI=1S/C15H22ClNO2S/c1-13-7-8-15(11-14(13)12-16)20(18,19)17-9-5-3-2-4-6-10-17/h7-8,11H,2-6,9-10,12H2,1H3. The van der Waals surface area contributed by atoms with E-state index in [-0.39, 0.29) is 0 Å². The van der Waals surface area contributed by atoms with E-state index in [4.69, 9.17) is 11.6 Å². The lowest BCUT2D eigenvalue weighted by molar-refractivity contribution is 0.364. The van der Waals surface area contributed by atoms with Crippen molar-refractivity contribution in [3.05, 3.63) is 29.3 Å². The third-order valence-electron chi connectivity index (χ3n) is 3.92. The molecule has 5 heteroatoms. The molecule has 112 valence electrons. The molecule has 0 saturated carbocycles. The quantitative estimate of drug-likeness (QED) is 0.798. The summed E-state index contributed by atoms with van der Waals surface area (Å²) in [4.78, 5) is 0.374. The first-order chi connectivity index (χ1) is 9.55. The monoisotopic (exact) mass is 315 g/mol. The molecule has 0 amide bonds. The lowest BCUT2D eigenvalue weighted by atomic mass is 10.1. The molecule has 0 bridgehead atoms. The second-order valence-electron chi connectivity index (χ2n) is 5.39. The van der Waals surface area contributed by atoms with Crippen LogP contribution in [0.25, 0.3) is 0 Å². The molecular weight excluding hydrogens is 294 g/mol. The number of sulfonamides is 1. The number of rotatable bonds is 3. The molecule has 20 heavy (non-hydrogen) atoms. The smallest absolute Gasteiger partial charge is 0.207 e. The Morgan fingerprint density at radius 3 is 2.30 bits per heavy atom. The van der Waals surface area contributed by atoms with Crippen LogP contribution in [0, 0.1) is 6.92 Å². The molecule has 1 aromatic carbocycles. The molecular formula is C15H22ClNO2S. The van der Waals surface area contributed by atoms with Gasteiger partial charge < -0.3 is 0 Å². The maximum atomic E-state index is 12.7. The number of alkyl halides is 1. The van der Waals surface area contributed by atoms with Gasteiger partial charge in [-0.15, -0.1) is 11.6 Å². The van der Waals surface area contributed by atoms with E-state index < -0.39 is 10.0 Å². The summed E-state index contributed by atoms with van der Waals surface area (Å²) in [6.45, 7) is 3.21. The molecule has 1 aliphatic rings. The van der Waals surface area contributed by atoms with Crippen molar-refractivity contribution in [3.63, 3.8) is 0 Å². The topological polar surface area (TPSA) is 37.4 Å². The van der Waals surface area contributed by atoms with E-state index in [1.54, 1.807) is 16.4 Å². The Bertz CT molecular complexity index is 549. The molecule has 1 aliphatic heterocycles. The van der Waals surface area contributed by atoms with E-state index in [0.29, 0.717) is 23.9 Å². The summed E-state index contributed by atoms with van der Waals surface area (Å²) < 4.78 is 27.1. The van der Waals surface area contributed by atoms with Crippen molar-refractivity contribution in [1.29, 1.82) is 0 Å². The average Bonchev–Trinajstić information content (AvgIpc) is 2.38. The lowest BCUT2D eigenvalue weighted by Gasteiger charge is -2.24. The van der Waals surface area contributed by atoms with Crippen molar-refractivity contribution >= 4 is 21.6 Å². The highest BCUT2D eigenvalue weighted by Gasteiger charge is 2.24. The fourth-order valence-electron chi connectivity index (χ4n) is 2.56. The number of nitrogens with zero attached hydrogens (tertiary/aromatic N) is 1. The molecule has 0 N–H and O–H groups in total. The third-order valence-corrected chi connectivity index (χ3v) is 6.10. The first kappa shape index (κ1) is 15.8. The van der Waals surface area contributed by atoms with E-state index >= 15 is 0 Å². The molecule has 0 radical (unpaired) electrons. The summed E-state index contributed by atoms with van der Waals surface area (Å²) in [6, 6.07) is 5.25. The van der Waals surface area contributed by atoms with Crippen molar-refractivity contribution < 1.29 is 8.42 Å². The number of benzene rings is 1. The molecule has 0 atom stereocenters. The first-order valence-corrected chi connectivity index (χ1v) is 9.19. The van der Waals surface area contributed by atoms with Gasteiger partial charge in [0.2, 0.25) is 10.0 Å². The number of halogens is 1. The molecule has 0 aliphatic carbocycles. The Balaban J connectivity index is 2.28. The van der Waals surface area contributed by atoms with E-state index in [1.807, 2.05) is 13.0 Å². The van der Waals surface area contributed by atoms with Gasteiger partial charge >= 0.3 is 0 Å². The van der Waals surface area contributed by atoms with Gasteiger partial charge in [0.25, 0.3) is 0 Å². The van der Waals surface area contributed by atoms with Crippen LogP contribution in [0.5, 0.6) is 0 Å². The van der Waals surface area contributed by atoms with Crippen molar-refractivity contribution in [2.45, 2.75) is 49.8 Å². The summed E-state index contributed by atoms with van der Waals surface area (Å²) in [7, 11) is -3.38. The van der Waals surface area contributed by atoms with Gasteiger partial charge in [0, 0.05) is 19.0 Å². The van der Waals surface area contributed by atoms with Crippen molar-refractivity contribution in [1.82, 2.24) is 4.31 Å². The summed E-state index contributed by atoms with van der Waals surface area (Å²) in [5.41, 5.74) is 1.92. The van der Waals surface area contributed by atoms with E-state index in [9.17, 15) is 8.42 Å². The number of hydrogen-bond acceptors (Lipinski definition) is 2. The van der Waals surface area contributed by atoms with Crippen LogP contribution < -0.4 is 0 Å². The Morgan fingerprint density at radius 1 is 1.10 bits per heavy atom. The zero-order valence-corrected chi connectivity index (χ0v) is 13.5. The molecule has 3 nitrogen and oxygen atoms in total. The van der Waals surface area contributed by atoms with E-state index in [0.717, 1.165) is 36.8 Å². The van der Waals surface area contributed by atoms with Crippen LogP contribution in [0.4, 0.5) is 0 Å². The van der Waals surface area contributed by atoms with Gasteiger partial charge in [-0.2, -0.15) is 4.31 Å². The highest BCUT2D eigenvalue weighted by atomic mass is 35.5. The van der Waals surface area contributed by atoms with E-state index in [1.165, 1.54) is 6.42 Å². The van der Waals surface area contributed by atoms with Crippen LogP contribution in [0.2, 0.25) is 0 Å². The normalized spacial score (nSPS) is 18.5. The van der Waals surface area contributed by atoms with Gasteiger partial charge in [0.05, 0.1) is 4.90 Å². The fourth-order valence-corrected chi connectivity index (χ4v) is 4.42. The van der Waals surface area contributed by atoms with E-state index in [2.05, 4.69) is 0 Å². The van der Waals surface area contributed by atoms with Gasteiger partial charge in [-0.3, -0.25) is 0 Å². The molecule has 2 rings (SSSR count). The number of aryl methyl sites for hydroxylation is 1. The Labute approximate surface area is 127 Å². The molecule has 1 heterocycles. The zero-order valence-electron chi connectivity index (χ0n) is 11.9. The van der Waals surface area contributed by atoms with Crippen molar-refractivity contribution in [2.75, 3.05) is 13.1 Å². The lowest BCUT2D eigenvalue weighted by Crippen LogP contribution is -2.33. The van der Waals surface area contributed by atoms with Crippen LogP contribution in [0.15, 0.2) is 23.1 Å². The van der Waals surface area contributed by atoms with Gasteiger partial charge in [-0.25, -0.2) is 8.42 Å². The summed E-state index contributed by atoms with van der Waals surface area (Å²) in [5.74, 6) is 0.342. The summed E-state index contributed by atoms with van der Waals surface area (Å²) >= 11 is 5.88. The highest BCUT2D eigenvalue weighted by Crippen LogP contribution is 2.23. The van der Waals surface area contributed by atoms with Gasteiger partial charge in [0.15, 0.2) is 0 Å². The fraction of sp³-hybridized carbons (Fsp3) is 0.600.